The van der Waals surface area contributed by atoms with E-state index in [1.54, 1.807) is 30.3 Å². The number of esters is 1. The summed E-state index contributed by atoms with van der Waals surface area (Å²) in [5, 5.41) is 1.57. The number of anilines is 1. The smallest absolute Gasteiger partial charge is 0.426 e. The first-order valence-corrected chi connectivity index (χ1v) is 15.0. The second-order valence-electron chi connectivity index (χ2n) is 10.1. The predicted molar refractivity (Wildman–Crippen MR) is 156 cm³/mol. The summed E-state index contributed by atoms with van der Waals surface area (Å²) in [6, 6.07) is 19.4. The molecule has 216 valence electrons. The van der Waals surface area contributed by atoms with Crippen LogP contribution in [0.4, 0.5) is 23.2 Å². The molecule has 0 amide bonds. The Hall–Kier alpha value is -3.80. The minimum absolute atomic E-state index is 0.113. The highest BCUT2D eigenvalue weighted by atomic mass is 32.2. The van der Waals surface area contributed by atoms with Crippen molar-refractivity contribution in [2.24, 2.45) is 5.92 Å². The molecule has 0 radical (unpaired) electrons. The summed E-state index contributed by atoms with van der Waals surface area (Å²) in [6.07, 6.45) is -4.65. The third-order valence-corrected chi connectivity index (χ3v) is 9.71. The summed E-state index contributed by atoms with van der Waals surface area (Å²) >= 11 is -1.34. The molecule has 0 N–H and O–H groups in total. The second kappa shape index (κ2) is 10.8. The summed E-state index contributed by atoms with van der Waals surface area (Å²) in [4.78, 5) is 13.5. The number of methoxy groups -OCH3 is 1. The van der Waals surface area contributed by atoms with Crippen molar-refractivity contribution in [3.63, 3.8) is 0 Å². The fourth-order valence-corrected chi connectivity index (χ4v) is 7.33. The number of hydrogen-bond acceptors (Lipinski definition) is 5. The molecule has 3 aromatic carbocycles. The Morgan fingerprint density at radius 3 is 2.48 bits per heavy atom. The zero-order valence-corrected chi connectivity index (χ0v) is 24.1. The number of aryl methyl sites for hydroxylation is 1. The van der Waals surface area contributed by atoms with Gasteiger partial charge in [-0.05, 0) is 60.8 Å². The number of carbonyl (C=O) groups is 1. The molecule has 11 heteroatoms. The highest BCUT2D eigenvalue weighted by Gasteiger charge is 2.39. The van der Waals surface area contributed by atoms with Crippen molar-refractivity contribution in [3.8, 4) is 22.4 Å². The van der Waals surface area contributed by atoms with Crippen LogP contribution in [-0.4, -0.2) is 34.7 Å². The van der Waals surface area contributed by atoms with Crippen LogP contribution in [0.15, 0.2) is 83.1 Å². The second-order valence-corrected chi connectivity index (χ2v) is 12.3. The van der Waals surface area contributed by atoms with Crippen molar-refractivity contribution >= 4 is 45.3 Å². The lowest BCUT2D eigenvalue weighted by atomic mass is 9.96. The van der Waals surface area contributed by atoms with E-state index in [9.17, 15) is 26.9 Å². The van der Waals surface area contributed by atoms with Gasteiger partial charge >= 0.3 is 12.1 Å². The number of aromatic nitrogens is 1. The van der Waals surface area contributed by atoms with Crippen LogP contribution in [0.3, 0.4) is 0 Å². The Balaban J connectivity index is 1.61. The molecule has 2 aromatic heterocycles. The number of alkyl halides is 3. The van der Waals surface area contributed by atoms with Gasteiger partial charge in [-0.25, -0.2) is 4.39 Å². The maximum absolute atomic E-state index is 14.7. The largest absolute Gasteiger partial charge is 0.587 e. The van der Waals surface area contributed by atoms with E-state index in [0.29, 0.717) is 40.4 Å². The molecule has 1 fully saturated rings. The molecule has 1 aliphatic rings. The van der Waals surface area contributed by atoms with E-state index in [-0.39, 0.29) is 34.1 Å². The van der Waals surface area contributed by atoms with Gasteiger partial charge in [0.15, 0.2) is 4.90 Å². The Morgan fingerprint density at radius 1 is 1.05 bits per heavy atom. The number of hydrogen-bond donors (Lipinski definition) is 0. The lowest BCUT2D eigenvalue weighted by Crippen LogP contribution is -2.50. The molecule has 1 aliphatic heterocycles. The molecule has 1 atom stereocenters. The summed E-state index contributed by atoms with van der Waals surface area (Å²) in [7, 11) is 1.34. The molecule has 1 saturated heterocycles. The summed E-state index contributed by atoms with van der Waals surface area (Å²) < 4.78 is 78.0. The molecule has 6 rings (SSSR count). The molecule has 0 spiro atoms. The molecule has 1 unspecified atom stereocenters. The lowest BCUT2D eigenvalue weighted by molar-refractivity contribution is -0.146. The molecule has 3 heterocycles. The molecular weight excluding hydrogens is 588 g/mol. The minimum atomic E-state index is -4.65. The lowest BCUT2D eigenvalue weighted by Gasteiger charge is -2.39. The average molecular weight is 613 g/mol. The first-order chi connectivity index (χ1) is 20.1. The maximum Gasteiger partial charge on any atom is 0.426 e. The van der Waals surface area contributed by atoms with Gasteiger partial charge in [-0.2, -0.15) is 17.1 Å². The van der Waals surface area contributed by atoms with Crippen molar-refractivity contribution in [2.75, 3.05) is 25.1 Å². The first kappa shape index (κ1) is 28.3. The van der Waals surface area contributed by atoms with Crippen LogP contribution >= 0.6 is 11.3 Å². The van der Waals surface area contributed by atoms with E-state index in [1.165, 1.54) is 40.7 Å². The zero-order chi connectivity index (χ0) is 29.8. The number of fused-ring (bicyclic) bond motifs is 1. The van der Waals surface area contributed by atoms with Gasteiger partial charge in [-0.1, -0.05) is 29.8 Å². The zero-order valence-electron chi connectivity index (χ0n) is 22.4. The van der Waals surface area contributed by atoms with Crippen LogP contribution in [0, 0.1) is 18.7 Å². The Labute approximate surface area is 246 Å². The van der Waals surface area contributed by atoms with Gasteiger partial charge in [0, 0.05) is 40.9 Å². The van der Waals surface area contributed by atoms with E-state index < -0.39 is 28.2 Å². The highest BCUT2D eigenvalue weighted by molar-refractivity contribution is 7.90. The molecule has 0 bridgehead atoms. The van der Waals surface area contributed by atoms with E-state index in [4.69, 9.17) is 4.74 Å². The highest BCUT2D eigenvalue weighted by Crippen LogP contribution is 2.49. The predicted octanol–water partition coefficient (Wildman–Crippen LogP) is 7.68. The van der Waals surface area contributed by atoms with Gasteiger partial charge in [0.1, 0.15) is 27.8 Å². The Kier molecular flexibility index (Phi) is 7.28. The Morgan fingerprint density at radius 2 is 1.79 bits per heavy atom. The van der Waals surface area contributed by atoms with Crippen LogP contribution in [-0.2, 0) is 27.1 Å². The normalized spacial score (nSPS) is 14.7. The minimum Gasteiger partial charge on any atom is -0.587 e. The number of halogens is 4. The standard InChI is InChI=1S/C31H24F4N2O3S2/c1-18-6-9-23(10-7-18)42(39)37-26-11-8-21(32)15-25(26)27(24-12-13-41-29(24)31(33,34)35)28(37)19-4-3-5-22(14-19)36-16-20(17-36)30(38)40-2/h3-15,20H,16-17H2,1-2H3. The fourth-order valence-electron chi connectivity index (χ4n) is 5.28. The van der Waals surface area contributed by atoms with Crippen molar-refractivity contribution in [2.45, 2.75) is 18.0 Å². The summed E-state index contributed by atoms with van der Waals surface area (Å²) in [5.74, 6) is -1.21. The SMILES string of the molecule is COC(=O)C1CN(c2cccc(-c3c(-c4ccsc4C(F)(F)F)c4cc(F)ccc4n3[S+]([O-])c3ccc(C)cc3)c2)C1. The number of carbonyl (C=O) groups excluding carboxylic acids is 1. The van der Waals surface area contributed by atoms with Gasteiger partial charge in [-0.15, -0.1) is 11.3 Å². The molecule has 5 nitrogen and oxygen atoms in total. The van der Waals surface area contributed by atoms with Crippen molar-refractivity contribution < 1.29 is 31.6 Å². The van der Waals surface area contributed by atoms with Gasteiger partial charge < -0.3 is 14.2 Å². The monoisotopic (exact) mass is 612 g/mol. The van der Waals surface area contributed by atoms with Crippen molar-refractivity contribution in [1.82, 2.24) is 3.97 Å². The van der Waals surface area contributed by atoms with Gasteiger partial charge in [0.05, 0.1) is 18.5 Å². The summed E-state index contributed by atoms with van der Waals surface area (Å²) in [5.41, 5.74) is 2.83. The first-order valence-electron chi connectivity index (χ1n) is 13.0. The number of rotatable bonds is 6. The number of benzene rings is 3. The number of nitrogens with zero attached hydrogens (tertiary/aromatic N) is 2. The van der Waals surface area contributed by atoms with Crippen molar-refractivity contribution in [3.05, 3.63) is 94.4 Å². The topological polar surface area (TPSA) is 57.5 Å². The summed E-state index contributed by atoms with van der Waals surface area (Å²) in [6.45, 7) is 2.75. The number of thiophene rings is 1. The molecule has 0 aliphatic carbocycles. The van der Waals surface area contributed by atoms with Gasteiger partial charge in [0.2, 0.25) is 0 Å². The van der Waals surface area contributed by atoms with E-state index >= 15 is 0 Å². The number of ether oxygens (including phenoxy) is 1. The van der Waals surface area contributed by atoms with Crippen molar-refractivity contribution in [1.29, 1.82) is 0 Å². The van der Waals surface area contributed by atoms with E-state index in [0.717, 1.165) is 11.3 Å². The van der Waals surface area contributed by atoms with Gasteiger partial charge in [0.25, 0.3) is 0 Å². The third kappa shape index (κ3) is 4.95. The molecule has 5 aromatic rings. The Bertz CT molecular complexity index is 1790. The van der Waals surface area contributed by atoms with Crippen LogP contribution in [0.2, 0.25) is 0 Å². The maximum atomic E-state index is 14.7. The van der Waals surface area contributed by atoms with Gasteiger partial charge in [-0.3, -0.25) is 4.79 Å². The van der Waals surface area contributed by atoms with E-state index in [2.05, 4.69) is 0 Å². The molecule has 42 heavy (non-hydrogen) atoms. The van der Waals surface area contributed by atoms with Crippen LogP contribution in [0.5, 0.6) is 0 Å². The van der Waals surface area contributed by atoms with Crippen LogP contribution in [0.1, 0.15) is 10.4 Å². The fraction of sp³-hybridized carbons (Fsp3) is 0.194. The van der Waals surface area contributed by atoms with Crippen LogP contribution in [0.25, 0.3) is 33.3 Å². The third-order valence-electron chi connectivity index (χ3n) is 7.37. The quantitative estimate of drug-likeness (QED) is 0.112. The average Bonchev–Trinajstić information content (AvgIpc) is 3.55. The van der Waals surface area contributed by atoms with Crippen LogP contribution < -0.4 is 4.90 Å². The van der Waals surface area contributed by atoms with E-state index in [1.807, 2.05) is 30.0 Å². The molecule has 0 saturated carbocycles. The molecular formula is C31H24F4N2O3S2.